The number of methoxy groups -OCH3 is 2. The molecule has 1 amide bonds. The van der Waals surface area contributed by atoms with Gasteiger partial charge in [0.05, 0.1) is 25.5 Å². The third-order valence-corrected chi connectivity index (χ3v) is 6.99. The molecule has 0 fully saturated rings. The Morgan fingerprint density at radius 1 is 1.06 bits per heavy atom. The van der Waals surface area contributed by atoms with E-state index in [1.807, 2.05) is 0 Å². The fourth-order valence-electron chi connectivity index (χ4n) is 3.21. The van der Waals surface area contributed by atoms with Crippen molar-refractivity contribution >= 4 is 15.7 Å². The van der Waals surface area contributed by atoms with E-state index in [0.29, 0.717) is 22.6 Å². The second-order valence-electron chi connectivity index (χ2n) is 6.94. The molecule has 0 aliphatic carbocycles. The van der Waals surface area contributed by atoms with Gasteiger partial charge < -0.3 is 14.8 Å². The SMILES string of the molecule is COc1ccc(CC(=O)NCC(c2cccnc2)S(=O)(=O)c2ccc(F)cc2)cc1OC. The summed E-state index contributed by atoms with van der Waals surface area (Å²) in [6, 6.07) is 12.9. The molecule has 1 aromatic heterocycles. The number of benzene rings is 2. The molecule has 1 atom stereocenters. The van der Waals surface area contributed by atoms with E-state index in [-0.39, 0.29) is 23.8 Å². The molecule has 2 aromatic carbocycles. The van der Waals surface area contributed by atoms with E-state index in [9.17, 15) is 17.6 Å². The van der Waals surface area contributed by atoms with Crippen LogP contribution in [0.3, 0.4) is 0 Å². The highest BCUT2D eigenvalue weighted by molar-refractivity contribution is 7.91. The van der Waals surface area contributed by atoms with Crippen molar-refractivity contribution in [3.63, 3.8) is 0 Å². The third kappa shape index (κ3) is 5.42. The number of pyridine rings is 1. The topological polar surface area (TPSA) is 94.6 Å². The number of carbonyl (C=O) groups is 1. The van der Waals surface area contributed by atoms with E-state index < -0.39 is 20.9 Å². The van der Waals surface area contributed by atoms with Crippen LogP contribution in [-0.4, -0.2) is 40.1 Å². The lowest BCUT2D eigenvalue weighted by atomic mass is 10.1. The molecule has 3 rings (SSSR count). The van der Waals surface area contributed by atoms with Crippen molar-refractivity contribution in [2.24, 2.45) is 0 Å². The standard InChI is InChI=1S/C23H23FN2O5S/c1-30-20-10-5-16(12-21(20)31-2)13-23(27)26-15-22(17-4-3-11-25-14-17)32(28,29)19-8-6-18(24)7-9-19/h3-12,14,22H,13,15H2,1-2H3,(H,26,27). The maximum absolute atomic E-state index is 13.3. The van der Waals surface area contributed by atoms with Gasteiger partial charge in [0, 0.05) is 18.9 Å². The van der Waals surface area contributed by atoms with Gasteiger partial charge in [-0.25, -0.2) is 12.8 Å². The predicted octanol–water partition coefficient (Wildman–Crippen LogP) is 3.11. The average Bonchev–Trinajstić information content (AvgIpc) is 2.80. The Morgan fingerprint density at radius 3 is 2.41 bits per heavy atom. The van der Waals surface area contributed by atoms with Crippen LogP contribution in [0.2, 0.25) is 0 Å². The van der Waals surface area contributed by atoms with Crippen molar-refractivity contribution < 1.29 is 27.1 Å². The van der Waals surface area contributed by atoms with Gasteiger partial charge in [0.15, 0.2) is 21.3 Å². The first-order chi connectivity index (χ1) is 15.3. The molecule has 0 spiro atoms. The Morgan fingerprint density at radius 2 is 1.78 bits per heavy atom. The summed E-state index contributed by atoms with van der Waals surface area (Å²) in [7, 11) is -0.898. The van der Waals surface area contributed by atoms with Crippen molar-refractivity contribution in [2.75, 3.05) is 20.8 Å². The highest BCUT2D eigenvalue weighted by atomic mass is 32.2. The largest absolute Gasteiger partial charge is 0.493 e. The quantitative estimate of drug-likeness (QED) is 0.495. The highest BCUT2D eigenvalue weighted by Gasteiger charge is 2.30. The van der Waals surface area contributed by atoms with Crippen molar-refractivity contribution in [1.29, 1.82) is 0 Å². The molecular formula is C23H23FN2O5S. The molecule has 0 aliphatic rings. The Balaban J connectivity index is 1.79. The van der Waals surface area contributed by atoms with Crippen molar-refractivity contribution in [1.82, 2.24) is 10.3 Å². The van der Waals surface area contributed by atoms with E-state index in [1.165, 1.54) is 38.7 Å². The fourth-order valence-corrected chi connectivity index (χ4v) is 4.85. The average molecular weight is 459 g/mol. The Bertz CT molecular complexity index is 1170. The third-order valence-electron chi connectivity index (χ3n) is 4.87. The Hall–Kier alpha value is -3.46. The van der Waals surface area contributed by atoms with Gasteiger partial charge in [-0.05, 0) is 53.6 Å². The minimum absolute atomic E-state index is 0.0245. The number of amides is 1. The second-order valence-corrected chi connectivity index (χ2v) is 9.07. The summed E-state index contributed by atoms with van der Waals surface area (Å²) < 4.78 is 50.2. The molecule has 32 heavy (non-hydrogen) atoms. The van der Waals surface area contributed by atoms with Crippen LogP contribution in [0.4, 0.5) is 4.39 Å². The summed E-state index contributed by atoms with van der Waals surface area (Å²) in [5, 5.41) is 1.60. The van der Waals surface area contributed by atoms with Crippen LogP contribution in [0.1, 0.15) is 16.4 Å². The lowest BCUT2D eigenvalue weighted by Crippen LogP contribution is -2.33. The summed E-state index contributed by atoms with van der Waals surface area (Å²) in [5.74, 6) is 0.133. The maximum atomic E-state index is 13.3. The zero-order chi connectivity index (χ0) is 23.1. The monoisotopic (exact) mass is 458 g/mol. The number of nitrogens with one attached hydrogen (secondary N) is 1. The smallest absolute Gasteiger partial charge is 0.224 e. The summed E-state index contributed by atoms with van der Waals surface area (Å²) in [6.07, 6.45) is 2.99. The van der Waals surface area contributed by atoms with E-state index >= 15 is 0 Å². The molecule has 0 saturated carbocycles. The fraction of sp³-hybridized carbons (Fsp3) is 0.217. The van der Waals surface area contributed by atoms with Gasteiger partial charge in [-0.1, -0.05) is 12.1 Å². The van der Waals surface area contributed by atoms with E-state index in [1.54, 1.807) is 30.3 Å². The van der Waals surface area contributed by atoms with Crippen LogP contribution in [0.15, 0.2) is 71.9 Å². The van der Waals surface area contributed by atoms with Crippen LogP contribution in [0.25, 0.3) is 0 Å². The van der Waals surface area contributed by atoms with Gasteiger partial charge in [0.25, 0.3) is 0 Å². The minimum Gasteiger partial charge on any atom is -0.493 e. The molecule has 0 radical (unpaired) electrons. The van der Waals surface area contributed by atoms with Gasteiger partial charge in [0.1, 0.15) is 11.1 Å². The first kappa shape index (κ1) is 23.2. The lowest BCUT2D eigenvalue weighted by Gasteiger charge is -2.19. The zero-order valence-electron chi connectivity index (χ0n) is 17.6. The van der Waals surface area contributed by atoms with Crippen LogP contribution >= 0.6 is 0 Å². The molecule has 0 saturated heterocycles. The molecule has 1 N–H and O–H groups in total. The minimum atomic E-state index is -3.92. The number of ether oxygens (including phenoxy) is 2. The molecule has 168 valence electrons. The summed E-state index contributed by atoms with van der Waals surface area (Å²) >= 11 is 0. The van der Waals surface area contributed by atoms with E-state index in [4.69, 9.17) is 9.47 Å². The number of halogens is 1. The number of hydrogen-bond donors (Lipinski definition) is 1. The maximum Gasteiger partial charge on any atom is 0.224 e. The van der Waals surface area contributed by atoms with Gasteiger partial charge in [-0.2, -0.15) is 0 Å². The first-order valence-electron chi connectivity index (χ1n) is 9.72. The Kier molecular flexibility index (Phi) is 7.42. The molecule has 0 bridgehead atoms. The molecule has 1 unspecified atom stereocenters. The van der Waals surface area contributed by atoms with Gasteiger partial charge in [0.2, 0.25) is 5.91 Å². The highest BCUT2D eigenvalue weighted by Crippen LogP contribution is 2.29. The Labute approximate surface area is 186 Å². The van der Waals surface area contributed by atoms with Crippen molar-refractivity contribution in [3.05, 3.63) is 83.9 Å². The number of hydrogen-bond acceptors (Lipinski definition) is 6. The summed E-state index contributed by atoms with van der Waals surface area (Å²) in [6.45, 7) is -0.169. The molecule has 0 aliphatic heterocycles. The van der Waals surface area contributed by atoms with Gasteiger partial charge >= 0.3 is 0 Å². The number of nitrogens with zero attached hydrogens (tertiary/aromatic N) is 1. The van der Waals surface area contributed by atoms with E-state index in [2.05, 4.69) is 10.3 Å². The molecule has 3 aromatic rings. The number of sulfone groups is 1. The lowest BCUT2D eigenvalue weighted by molar-refractivity contribution is -0.120. The first-order valence-corrected chi connectivity index (χ1v) is 11.3. The van der Waals surface area contributed by atoms with Gasteiger partial charge in [-0.3, -0.25) is 9.78 Å². The summed E-state index contributed by atoms with van der Waals surface area (Å²) in [5.41, 5.74) is 1.10. The van der Waals surface area contributed by atoms with Crippen LogP contribution < -0.4 is 14.8 Å². The summed E-state index contributed by atoms with van der Waals surface area (Å²) in [4.78, 5) is 16.5. The van der Waals surface area contributed by atoms with Crippen LogP contribution in [0, 0.1) is 5.82 Å². The number of carbonyl (C=O) groups excluding carboxylic acids is 1. The van der Waals surface area contributed by atoms with Crippen molar-refractivity contribution in [2.45, 2.75) is 16.6 Å². The molecule has 7 nitrogen and oxygen atoms in total. The van der Waals surface area contributed by atoms with E-state index in [0.717, 1.165) is 12.1 Å². The van der Waals surface area contributed by atoms with Crippen LogP contribution in [0.5, 0.6) is 11.5 Å². The van der Waals surface area contributed by atoms with Crippen LogP contribution in [-0.2, 0) is 21.1 Å². The van der Waals surface area contributed by atoms with Crippen molar-refractivity contribution in [3.8, 4) is 11.5 Å². The molecule has 9 heteroatoms. The molecule has 1 heterocycles. The molecular weight excluding hydrogens is 435 g/mol. The predicted molar refractivity (Wildman–Crippen MR) is 117 cm³/mol. The number of rotatable bonds is 9. The zero-order valence-corrected chi connectivity index (χ0v) is 18.4. The normalized spacial score (nSPS) is 12.1. The van der Waals surface area contributed by atoms with Gasteiger partial charge in [-0.15, -0.1) is 0 Å². The number of aromatic nitrogens is 1. The second kappa shape index (κ2) is 10.2.